The van der Waals surface area contributed by atoms with Crippen molar-refractivity contribution in [1.82, 2.24) is 0 Å². The lowest BCUT2D eigenvalue weighted by atomic mass is 9.65. The smallest absolute Gasteiger partial charge is 0.0714 e. The summed E-state index contributed by atoms with van der Waals surface area (Å²) in [6.07, 6.45) is 37.6. The van der Waals surface area contributed by atoms with Gasteiger partial charge in [0.1, 0.15) is 0 Å². The molecule has 128 heavy (non-hydrogen) atoms. The van der Waals surface area contributed by atoms with E-state index in [2.05, 4.69) is 363 Å². The molecule has 13 aromatic rings. The summed E-state index contributed by atoms with van der Waals surface area (Å²) in [5.74, 6) is 0. The third-order valence-corrected chi connectivity index (χ3v) is 28.9. The molecule has 0 spiro atoms. The molecule has 0 heterocycles. The van der Waals surface area contributed by atoms with Gasteiger partial charge in [0.2, 0.25) is 0 Å². The Morgan fingerprint density at radius 3 is 0.703 bits per heavy atom. The van der Waals surface area contributed by atoms with Gasteiger partial charge in [0, 0.05) is 22.7 Å². The summed E-state index contributed by atoms with van der Waals surface area (Å²) in [6.45, 7) is 36.3. The number of aryl methyl sites for hydroxylation is 20. The van der Waals surface area contributed by atoms with Crippen LogP contribution in [0.3, 0.4) is 0 Å². The van der Waals surface area contributed by atoms with E-state index in [1.165, 1.54) is 358 Å². The monoisotopic (exact) mass is 1690 g/mol. The first-order valence-electron chi connectivity index (χ1n) is 50.3. The van der Waals surface area contributed by atoms with E-state index in [1.807, 2.05) is 0 Å². The molecular weight excluding hydrogens is 1540 g/mol. The van der Waals surface area contributed by atoms with Crippen molar-refractivity contribution in [3.05, 3.63) is 398 Å². The van der Waals surface area contributed by atoms with Crippen LogP contribution >= 0.6 is 0 Å². The maximum atomic E-state index is 2.65. The third kappa shape index (κ3) is 19.9. The standard InChI is InChI=1S/C51H70.C44H52N2.C31H26/c1-7-11-15-19-23-41-33-42(24-20-16-12-8-2)36-45(35-41)51(49-31-39(5)27-29-47(49)48-30-28-40(6)32-50(48)51)46-37-43(25-21-17-13-9-3)34-44(38-46)26-22-18-14-10-4;1-9-11-13-37-27-33(5)43(34(6)28-37)45(39-19-15-31(3)16-20-39)41-23-25-42(26-24-41)46(40-21-17-32(4)18-22-40)44-35(7)29-38(14-12-10-2)30-36(44)8;1-19-3-13-27-28-14-4-20(2)16-30(28)31(29(27)15-19,25-11-9-21-5-7-23(21)17-25)26-12-10-22-6-8-24(22)18-26/h27-38H,7-26H2,1-6H3;15-30H,9-14H2,1-8H3;3-4,9-18H,5-8H2,1-2H3. The Bertz CT molecular complexity index is 5500. The van der Waals surface area contributed by atoms with E-state index in [1.54, 1.807) is 22.3 Å². The number of fused-ring (bicyclic) bond motifs is 8. The van der Waals surface area contributed by atoms with Gasteiger partial charge in [0.15, 0.2) is 0 Å². The van der Waals surface area contributed by atoms with Crippen LogP contribution in [0.25, 0.3) is 22.3 Å². The molecule has 0 N–H and O–H groups in total. The molecule has 4 aliphatic rings. The zero-order valence-electron chi connectivity index (χ0n) is 81.2. The summed E-state index contributed by atoms with van der Waals surface area (Å²) < 4.78 is 0. The van der Waals surface area contributed by atoms with Gasteiger partial charge in [-0.1, -0.05) is 359 Å². The fourth-order valence-electron chi connectivity index (χ4n) is 21.9. The zero-order chi connectivity index (χ0) is 89.6. The summed E-state index contributed by atoms with van der Waals surface area (Å²) >= 11 is 0. The van der Waals surface area contributed by atoms with Gasteiger partial charge in [-0.15, -0.1) is 0 Å². The minimum absolute atomic E-state index is 0.238. The SMILES string of the molecule is CCCCCCc1cc(CCCCCC)cc(C2(c3cc(CCCCCC)cc(CCCCCC)c3)c3cc(C)ccc3-c3ccc(C)cc32)c1.CCCCc1cc(C)c(N(c2ccc(C)cc2)c2ccc(N(c3ccc(C)cc3)c3c(C)cc(CCCC)cc3C)cc2)c(C)c1.Cc1ccc2c(c1)C(c1ccc3c(c1)CC3)(c1ccc3c(c1)CC3)c1cc(C)ccc1-2. The number of unbranched alkanes of at least 4 members (excludes halogenated alkanes) is 14. The van der Waals surface area contributed by atoms with Crippen molar-refractivity contribution in [2.45, 2.75) is 314 Å². The first-order valence-corrected chi connectivity index (χ1v) is 50.3. The predicted molar refractivity (Wildman–Crippen MR) is 554 cm³/mol. The van der Waals surface area contributed by atoms with Crippen LogP contribution < -0.4 is 9.80 Å². The Morgan fingerprint density at radius 1 is 0.203 bits per heavy atom. The molecule has 2 nitrogen and oxygen atoms in total. The van der Waals surface area contributed by atoms with E-state index < -0.39 is 0 Å². The fraction of sp³-hybridized carbons (Fsp3) is 0.381. The van der Waals surface area contributed by atoms with E-state index in [0.29, 0.717) is 0 Å². The van der Waals surface area contributed by atoms with Crippen LogP contribution in [-0.2, 0) is 75.0 Å². The highest BCUT2D eigenvalue weighted by Gasteiger charge is 2.49. The average Bonchev–Trinajstić information content (AvgIpc) is 1.53. The van der Waals surface area contributed by atoms with Crippen molar-refractivity contribution < 1.29 is 0 Å². The second-order valence-electron chi connectivity index (χ2n) is 39.2. The first kappa shape index (κ1) is 92.2. The number of nitrogens with zero attached hydrogens (tertiary/aromatic N) is 2. The number of rotatable bonds is 36. The molecule has 2 heteroatoms. The molecule has 662 valence electrons. The van der Waals surface area contributed by atoms with Gasteiger partial charge in [-0.05, 0) is 365 Å². The molecule has 17 rings (SSSR count). The molecule has 0 saturated carbocycles. The summed E-state index contributed by atoms with van der Waals surface area (Å²) in [5.41, 5.74) is 52.3. The van der Waals surface area contributed by atoms with Crippen molar-refractivity contribution in [2.75, 3.05) is 9.80 Å². The number of benzene rings is 13. The predicted octanol–water partition coefficient (Wildman–Crippen LogP) is 35.2. The van der Waals surface area contributed by atoms with E-state index in [4.69, 9.17) is 0 Å². The summed E-state index contributed by atoms with van der Waals surface area (Å²) in [7, 11) is 0. The largest absolute Gasteiger partial charge is 0.310 e. The van der Waals surface area contributed by atoms with Crippen LogP contribution in [0.4, 0.5) is 34.1 Å². The molecule has 0 unspecified atom stereocenters. The van der Waals surface area contributed by atoms with Crippen LogP contribution in [0.1, 0.15) is 326 Å². The lowest BCUT2D eigenvalue weighted by molar-refractivity contribution is 0.655. The molecule has 0 aliphatic heterocycles. The fourth-order valence-corrected chi connectivity index (χ4v) is 21.9. The van der Waals surface area contributed by atoms with Crippen molar-refractivity contribution in [3.63, 3.8) is 0 Å². The quantitative estimate of drug-likeness (QED) is 0.0361. The maximum absolute atomic E-state index is 2.65. The highest BCUT2D eigenvalue weighted by molar-refractivity contribution is 5.90. The van der Waals surface area contributed by atoms with Crippen LogP contribution in [0.15, 0.2) is 243 Å². The number of hydrogen-bond acceptors (Lipinski definition) is 2. The summed E-state index contributed by atoms with van der Waals surface area (Å²) in [4.78, 5) is 4.87. The minimum atomic E-state index is -0.335. The van der Waals surface area contributed by atoms with Crippen LogP contribution in [0.5, 0.6) is 0 Å². The maximum Gasteiger partial charge on any atom is 0.0714 e. The van der Waals surface area contributed by atoms with Crippen LogP contribution in [0.2, 0.25) is 0 Å². The Hall–Kier alpha value is -10.5. The number of anilines is 6. The first-order chi connectivity index (χ1) is 62.3. The van der Waals surface area contributed by atoms with E-state index >= 15 is 0 Å². The van der Waals surface area contributed by atoms with Crippen molar-refractivity contribution in [3.8, 4) is 22.3 Å². The molecule has 0 bridgehead atoms. The highest BCUT2D eigenvalue weighted by Crippen LogP contribution is 2.60. The zero-order valence-corrected chi connectivity index (χ0v) is 81.2. The van der Waals surface area contributed by atoms with Crippen molar-refractivity contribution in [2.24, 2.45) is 0 Å². The van der Waals surface area contributed by atoms with E-state index in [0.717, 1.165) is 24.2 Å². The molecule has 4 aliphatic carbocycles. The van der Waals surface area contributed by atoms with Gasteiger partial charge in [0.05, 0.1) is 22.2 Å². The lowest BCUT2D eigenvalue weighted by Crippen LogP contribution is -2.30. The molecule has 0 fully saturated rings. The molecule has 13 aromatic carbocycles. The van der Waals surface area contributed by atoms with Crippen molar-refractivity contribution >= 4 is 34.1 Å². The Balaban J connectivity index is 0.000000151. The average molecular weight is 1690 g/mol. The number of hydrogen-bond donors (Lipinski definition) is 0. The van der Waals surface area contributed by atoms with Gasteiger partial charge in [0.25, 0.3) is 0 Å². The van der Waals surface area contributed by atoms with Crippen molar-refractivity contribution in [1.29, 1.82) is 0 Å². The van der Waals surface area contributed by atoms with Gasteiger partial charge >= 0.3 is 0 Å². The third-order valence-electron chi connectivity index (χ3n) is 28.9. The second-order valence-corrected chi connectivity index (χ2v) is 39.2. The Kier molecular flexibility index (Phi) is 30.5. The van der Waals surface area contributed by atoms with Gasteiger partial charge in [-0.25, -0.2) is 0 Å². The summed E-state index contributed by atoms with van der Waals surface area (Å²) in [5, 5.41) is 0. The van der Waals surface area contributed by atoms with E-state index in [9.17, 15) is 0 Å². The van der Waals surface area contributed by atoms with Crippen LogP contribution in [0, 0.1) is 69.2 Å². The molecule has 0 amide bonds. The normalized spacial score (nSPS) is 13.2. The highest BCUT2D eigenvalue weighted by atomic mass is 15.2. The lowest BCUT2D eigenvalue weighted by Gasteiger charge is -2.37. The molecule has 0 radical (unpaired) electrons. The van der Waals surface area contributed by atoms with Gasteiger partial charge in [-0.3, -0.25) is 0 Å². The Labute approximate surface area is 773 Å². The molecule has 0 saturated heterocycles. The van der Waals surface area contributed by atoms with Gasteiger partial charge in [-0.2, -0.15) is 0 Å². The molecule has 0 atom stereocenters. The minimum Gasteiger partial charge on any atom is -0.310 e. The second kappa shape index (κ2) is 42.4. The molecule has 0 aromatic heterocycles. The topological polar surface area (TPSA) is 6.48 Å². The van der Waals surface area contributed by atoms with Crippen LogP contribution in [-0.4, -0.2) is 0 Å². The summed E-state index contributed by atoms with van der Waals surface area (Å²) in [6, 6.07) is 95.8. The van der Waals surface area contributed by atoms with E-state index in [-0.39, 0.29) is 10.8 Å². The Morgan fingerprint density at radius 2 is 0.445 bits per heavy atom. The van der Waals surface area contributed by atoms with Gasteiger partial charge < -0.3 is 9.80 Å². The molecular formula is C126H148N2.